The van der Waals surface area contributed by atoms with E-state index in [-0.39, 0.29) is 11.9 Å². The molecule has 0 aliphatic carbocycles. The molecule has 3 rings (SSSR count). The number of carbonyl (C=O) groups excluding carboxylic acids is 1. The summed E-state index contributed by atoms with van der Waals surface area (Å²) in [6.07, 6.45) is 5.13. The van der Waals surface area contributed by atoms with Crippen LogP contribution >= 0.6 is 0 Å². The summed E-state index contributed by atoms with van der Waals surface area (Å²) in [6.45, 7) is 1.55. The van der Waals surface area contributed by atoms with Gasteiger partial charge in [-0.2, -0.15) is 4.98 Å². The Bertz CT molecular complexity index is 672. The monoisotopic (exact) mass is 303 g/mol. The number of primary amides is 1. The molecule has 9 heteroatoms. The van der Waals surface area contributed by atoms with Gasteiger partial charge in [0.2, 0.25) is 17.7 Å². The number of anilines is 1. The van der Waals surface area contributed by atoms with Crippen molar-refractivity contribution in [3.8, 4) is 5.88 Å². The summed E-state index contributed by atoms with van der Waals surface area (Å²) in [6, 6.07) is 1.81. The zero-order valence-corrected chi connectivity index (χ0v) is 12.2. The van der Waals surface area contributed by atoms with Crippen molar-refractivity contribution in [1.82, 2.24) is 24.7 Å². The van der Waals surface area contributed by atoms with Gasteiger partial charge in [0, 0.05) is 25.4 Å². The lowest BCUT2D eigenvalue weighted by Crippen LogP contribution is -2.38. The second kappa shape index (κ2) is 5.96. The van der Waals surface area contributed by atoms with Gasteiger partial charge in [-0.1, -0.05) is 0 Å². The molecule has 1 atom stereocenters. The third kappa shape index (κ3) is 2.83. The summed E-state index contributed by atoms with van der Waals surface area (Å²) < 4.78 is 6.82. The highest BCUT2D eigenvalue weighted by atomic mass is 16.5. The van der Waals surface area contributed by atoms with E-state index in [1.165, 1.54) is 0 Å². The van der Waals surface area contributed by atoms with E-state index in [1.54, 1.807) is 30.4 Å². The molecule has 2 aromatic rings. The molecule has 0 radical (unpaired) electrons. The molecule has 1 aliphatic rings. The van der Waals surface area contributed by atoms with Crippen LogP contribution in [0.3, 0.4) is 0 Å². The predicted molar refractivity (Wildman–Crippen MR) is 77.6 cm³/mol. The third-order valence-corrected chi connectivity index (χ3v) is 3.61. The lowest BCUT2D eigenvalue weighted by Gasteiger charge is -2.32. The number of amides is 1. The number of nitrogens with two attached hydrogens (primary N) is 1. The highest BCUT2D eigenvalue weighted by Gasteiger charge is 2.24. The topological polar surface area (TPSA) is 112 Å². The van der Waals surface area contributed by atoms with Gasteiger partial charge < -0.3 is 15.4 Å². The minimum Gasteiger partial charge on any atom is -0.481 e. The lowest BCUT2D eigenvalue weighted by molar-refractivity contribution is 0.0990. The second-order valence-electron chi connectivity index (χ2n) is 5.05. The molecular weight excluding hydrogens is 286 g/mol. The van der Waals surface area contributed by atoms with Crippen molar-refractivity contribution >= 4 is 11.9 Å². The van der Waals surface area contributed by atoms with E-state index in [1.807, 2.05) is 0 Å². The first kappa shape index (κ1) is 14.2. The standard InChI is InChI=1S/C13H17N7O2/c1-22-10-4-5-15-13(17-10)19-6-2-3-9(7-19)20-8-16-12(18-20)11(14)21/h4-5,8-9H,2-3,6-7H2,1H3,(H2,14,21). The van der Waals surface area contributed by atoms with Crippen molar-refractivity contribution in [1.29, 1.82) is 0 Å². The SMILES string of the molecule is COc1ccnc(N2CCCC(n3cnc(C(N)=O)n3)C2)n1. The molecule has 1 amide bonds. The van der Waals surface area contributed by atoms with Crippen molar-refractivity contribution in [3.05, 3.63) is 24.4 Å². The van der Waals surface area contributed by atoms with E-state index in [9.17, 15) is 4.79 Å². The summed E-state index contributed by atoms with van der Waals surface area (Å²) in [5.74, 6) is 0.570. The molecule has 0 aromatic carbocycles. The molecule has 2 N–H and O–H groups in total. The first-order valence-corrected chi connectivity index (χ1v) is 7.00. The normalized spacial score (nSPS) is 18.2. The average Bonchev–Trinajstić information content (AvgIpc) is 3.05. The molecule has 116 valence electrons. The fraction of sp³-hybridized carbons (Fsp3) is 0.462. The molecule has 1 unspecified atom stereocenters. The summed E-state index contributed by atoms with van der Waals surface area (Å²) in [5, 5.41) is 4.13. The number of rotatable bonds is 4. The number of ether oxygens (including phenoxy) is 1. The molecule has 22 heavy (non-hydrogen) atoms. The Morgan fingerprint density at radius 1 is 1.45 bits per heavy atom. The molecule has 2 aromatic heterocycles. The van der Waals surface area contributed by atoms with Gasteiger partial charge in [0.25, 0.3) is 5.91 Å². The van der Waals surface area contributed by atoms with Gasteiger partial charge in [-0.15, -0.1) is 5.10 Å². The maximum atomic E-state index is 11.1. The number of methoxy groups -OCH3 is 1. The van der Waals surface area contributed by atoms with Crippen LogP contribution < -0.4 is 15.4 Å². The van der Waals surface area contributed by atoms with Crippen LogP contribution in [0.2, 0.25) is 0 Å². The summed E-state index contributed by atoms with van der Waals surface area (Å²) in [7, 11) is 1.58. The van der Waals surface area contributed by atoms with Gasteiger partial charge in [-0.25, -0.2) is 14.6 Å². The number of piperidine rings is 1. The minimum absolute atomic E-state index is 0.0368. The largest absolute Gasteiger partial charge is 0.481 e. The second-order valence-corrected chi connectivity index (χ2v) is 5.05. The average molecular weight is 303 g/mol. The van der Waals surface area contributed by atoms with E-state index in [0.29, 0.717) is 18.4 Å². The molecule has 3 heterocycles. The van der Waals surface area contributed by atoms with Crippen LogP contribution in [0.4, 0.5) is 5.95 Å². The van der Waals surface area contributed by atoms with E-state index >= 15 is 0 Å². The van der Waals surface area contributed by atoms with Crippen LogP contribution in [0.1, 0.15) is 29.5 Å². The van der Waals surface area contributed by atoms with Gasteiger partial charge in [0.05, 0.1) is 13.2 Å². The number of hydrogen-bond acceptors (Lipinski definition) is 7. The highest BCUT2D eigenvalue weighted by molar-refractivity contribution is 5.88. The zero-order chi connectivity index (χ0) is 15.5. The molecule has 0 spiro atoms. The van der Waals surface area contributed by atoms with Gasteiger partial charge in [-0.3, -0.25) is 4.79 Å². The van der Waals surface area contributed by atoms with Crippen molar-refractivity contribution in [2.45, 2.75) is 18.9 Å². The van der Waals surface area contributed by atoms with Gasteiger partial charge >= 0.3 is 0 Å². The Morgan fingerprint density at radius 2 is 2.32 bits per heavy atom. The van der Waals surface area contributed by atoms with Gasteiger partial charge in [-0.05, 0) is 12.8 Å². The maximum Gasteiger partial charge on any atom is 0.288 e. The predicted octanol–water partition coefficient (Wildman–Crippen LogP) is 0.0171. The minimum atomic E-state index is -0.623. The summed E-state index contributed by atoms with van der Waals surface area (Å²) in [4.78, 5) is 25.7. The Labute approximate surface area is 127 Å². The number of aromatic nitrogens is 5. The van der Waals surface area contributed by atoms with Crippen LogP contribution in [0.25, 0.3) is 0 Å². The van der Waals surface area contributed by atoms with Crippen LogP contribution in [0, 0.1) is 0 Å². The van der Waals surface area contributed by atoms with Crippen molar-refractivity contribution in [3.63, 3.8) is 0 Å². The Morgan fingerprint density at radius 3 is 3.05 bits per heavy atom. The molecule has 9 nitrogen and oxygen atoms in total. The highest BCUT2D eigenvalue weighted by Crippen LogP contribution is 2.24. The maximum absolute atomic E-state index is 11.1. The Kier molecular flexibility index (Phi) is 3.86. The van der Waals surface area contributed by atoms with Crippen LogP contribution in [-0.4, -0.2) is 50.8 Å². The van der Waals surface area contributed by atoms with Crippen LogP contribution in [0.5, 0.6) is 5.88 Å². The Hall–Kier alpha value is -2.71. The van der Waals surface area contributed by atoms with Gasteiger partial charge in [0.1, 0.15) is 6.33 Å². The van der Waals surface area contributed by atoms with Crippen LogP contribution in [-0.2, 0) is 0 Å². The fourth-order valence-corrected chi connectivity index (χ4v) is 2.51. The summed E-state index contributed by atoms with van der Waals surface area (Å²) >= 11 is 0. The molecule has 1 aliphatic heterocycles. The zero-order valence-electron chi connectivity index (χ0n) is 12.2. The smallest absolute Gasteiger partial charge is 0.288 e. The number of nitrogens with zero attached hydrogens (tertiary/aromatic N) is 6. The summed E-state index contributed by atoms with van der Waals surface area (Å²) in [5.41, 5.74) is 5.19. The lowest BCUT2D eigenvalue weighted by atomic mass is 10.1. The molecular formula is C13H17N7O2. The van der Waals surface area contributed by atoms with E-state index in [0.717, 1.165) is 19.4 Å². The molecule has 1 fully saturated rings. The fourth-order valence-electron chi connectivity index (χ4n) is 2.51. The van der Waals surface area contributed by atoms with Crippen molar-refractivity contribution < 1.29 is 9.53 Å². The van der Waals surface area contributed by atoms with Crippen molar-refractivity contribution in [2.24, 2.45) is 5.73 Å². The van der Waals surface area contributed by atoms with Crippen LogP contribution in [0.15, 0.2) is 18.6 Å². The number of hydrogen-bond donors (Lipinski definition) is 1. The molecule has 0 bridgehead atoms. The third-order valence-electron chi connectivity index (χ3n) is 3.61. The first-order chi connectivity index (χ1) is 10.7. The van der Waals surface area contributed by atoms with Gasteiger partial charge in [0.15, 0.2) is 0 Å². The number of carbonyl (C=O) groups is 1. The first-order valence-electron chi connectivity index (χ1n) is 7.00. The van der Waals surface area contributed by atoms with Crippen molar-refractivity contribution in [2.75, 3.05) is 25.1 Å². The van der Waals surface area contributed by atoms with E-state index in [4.69, 9.17) is 10.5 Å². The molecule has 1 saturated heterocycles. The quantitative estimate of drug-likeness (QED) is 0.847. The molecule has 0 saturated carbocycles. The van der Waals surface area contributed by atoms with E-state index < -0.39 is 5.91 Å². The Balaban J connectivity index is 1.77. The van der Waals surface area contributed by atoms with E-state index in [2.05, 4.69) is 25.0 Å².